The van der Waals surface area contributed by atoms with Crippen LogP contribution in [-0.2, 0) is 9.84 Å². The Hall–Kier alpha value is -3.04. The summed E-state index contributed by atoms with van der Waals surface area (Å²) in [5, 5.41) is 8.31. The fourth-order valence-corrected chi connectivity index (χ4v) is 6.45. The highest BCUT2D eigenvalue weighted by molar-refractivity contribution is 9.10. The van der Waals surface area contributed by atoms with Crippen molar-refractivity contribution in [2.45, 2.75) is 33.2 Å². The maximum absolute atomic E-state index is 13.6. The molecule has 5 rings (SSSR count). The molecule has 180 valence electrons. The molecular formula is C26H25BrN4O3S. The van der Waals surface area contributed by atoms with Gasteiger partial charge in [0.05, 0.1) is 39.9 Å². The molecule has 9 heteroatoms. The van der Waals surface area contributed by atoms with E-state index >= 15 is 0 Å². The van der Waals surface area contributed by atoms with Gasteiger partial charge in [0, 0.05) is 15.7 Å². The fourth-order valence-electron chi connectivity index (χ4n) is 4.51. The second-order valence-corrected chi connectivity index (χ2v) is 12.2. The van der Waals surface area contributed by atoms with Crippen LogP contribution in [-0.4, -0.2) is 40.6 Å². The number of aryl methyl sites for hydroxylation is 3. The number of hydrogen-bond donors (Lipinski definition) is 1. The van der Waals surface area contributed by atoms with Crippen molar-refractivity contribution in [3.63, 3.8) is 0 Å². The highest BCUT2D eigenvalue weighted by atomic mass is 79.9. The van der Waals surface area contributed by atoms with E-state index in [1.165, 1.54) is 0 Å². The monoisotopic (exact) mass is 552 g/mol. The lowest BCUT2D eigenvalue weighted by Gasteiger charge is -2.13. The van der Waals surface area contributed by atoms with Crippen molar-refractivity contribution in [1.82, 2.24) is 14.8 Å². The predicted octanol–water partition coefficient (Wildman–Crippen LogP) is 5.40. The third-order valence-electron chi connectivity index (χ3n) is 6.40. The number of fused-ring (bicyclic) bond motifs is 1. The Bertz CT molecular complexity index is 1580. The molecule has 4 aromatic rings. The highest BCUT2D eigenvalue weighted by Gasteiger charge is 2.32. The lowest BCUT2D eigenvalue weighted by molar-refractivity contribution is 0.102. The second-order valence-electron chi connectivity index (χ2n) is 9.12. The number of anilines is 1. The van der Waals surface area contributed by atoms with Gasteiger partial charge in [-0.2, -0.15) is 5.10 Å². The zero-order valence-electron chi connectivity index (χ0n) is 19.7. The summed E-state index contributed by atoms with van der Waals surface area (Å²) in [7, 11) is -3.12. The van der Waals surface area contributed by atoms with Crippen LogP contribution in [0.1, 0.15) is 39.6 Å². The normalized spacial score (nSPS) is 17.1. The summed E-state index contributed by atoms with van der Waals surface area (Å²) < 4.78 is 27.0. The summed E-state index contributed by atoms with van der Waals surface area (Å²) in [4.78, 5) is 18.4. The van der Waals surface area contributed by atoms with E-state index in [0.29, 0.717) is 40.1 Å². The van der Waals surface area contributed by atoms with Crippen molar-refractivity contribution < 1.29 is 13.2 Å². The van der Waals surface area contributed by atoms with E-state index in [-0.39, 0.29) is 23.5 Å². The lowest BCUT2D eigenvalue weighted by atomic mass is 10.0. The Morgan fingerprint density at radius 2 is 1.83 bits per heavy atom. The molecule has 2 aromatic heterocycles. The van der Waals surface area contributed by atoms with Gasteiger partial charge in [-0.25, -0.2) is 18.1 Å². The average molecular weight is 553 g/mol. The maximum atomic E-state index is 13.6. The van der Waals surface area contributed by atoms with E-state index in [1.807, 2.05) is 63.2 Å². The average Bonchev–Trinajstić information content (AvgIpc) is 3.35. The van der Waals surface area contributed by atoms with Gasteiger partial charge in [0.25, 0.3) is 5.91 Å². The molecule has 1 aliphatic heterocycles. The molecule has 7 nitrogen and oxygen atoms in total. The van der Waals surface area contributed by atoms with E-state index in [2.05, 4.69) is 26.3 Å². The molecule has 0 spiro atoms. The third-order valence-corrected chi connectivity index (χ3v) is 9.04. The minimum absolute atomic E-state index is 0.0271. The summed E-state index contributed by atoms with van der Waals surface area (Å²) in [6.07, 6.45) is 0.481. The number of carbonyl (C=O) groups is 1. The topological polar surface area (TPSA) is 94.0 Å². The molecule has 2 aromatic carbocycles. The van der Waals surface area contributed by atoms with E-state index in [0.717, 1.165) is 21.2 Å². The Morgan fingerprint density at radius 3 is 2.49 bits per heavy atom. The molecule has 0 aliphatic carbocycles. The maximum Gasteiger partial charge on any atom is 0.256 e. The molecule has 0 radical (unpaired) electrons. The molecule has 1 saturated heterocycles. The minimum Gasteiger partial charge on any atom is -0.322 e. The molecule has 0 bridgehead atoms. The van der Waals surface area contributed by atoms with Gasteiger partial charge in [0.2, 0.25) is 0 Å². The number of halogens is 1. The molecule has 1 unspecified atom stereocenters. The second kappa shape index (κ2) is 8.87. The first-order chi connectivity index (χ1) is 16.6. The molecule has 1 N–H and O–H groups in total. The number of hydrogen-bond acceptors (Lipinski definition) is 5. The molecular weight excluding hydrogens is 528 g/mol. The van der Waals surface area contributed by atoms with Crippen LogP contribution in [0, 0.1) is 20.8 Å². The number of amides is 1. The van der Waals surface area contributed by atoms with Crippen LogP contribution in [0.2, 0.25) is 0 Å². The number of pyridine rings is 1. The van der Waals surface area contributed by atoms with Crippen molar-refractivity contribution in [1.29, 1.82) is 0 Å². The third kappa shape index (κ3) is 4.62. The summed E-state index contributed by atoms with van der Waals surface area (Å²) >= 11 is 3.49. The van der Waals surface area contributed by atoms with Crippen LogP contribution in [0.3, 0.4) is 0 Å². The number of nitrogens with zero attached hydrogens (tertiary/aromatic N) is 3. The van der Waals surface area contributed by atoms with Gasteiger partial charge >= 0.3 is 0 Å². The molecule has 1 aliphatic rings. The SMILES string of the molecule is Cc1ccc(-c2cc(C(=O)Nc3ccc(Br)c(C)c3)c3c(C)nn(C4CCS(=O)(=O)C4)c3n2)cc1. The van der Waals surface area contributed by atoms with Crippen LogP contribution in [0.25, 0.3) is 22.3 Å². The minimum atomic E-state index is -3.12. The van der Waals surface area contributed by atoms with Gasteiger partial charge in [0.1, 0.15) is 0 Å². The summed E-state index contributed by atoms with van der Waals surface area (Å²) in [6.45, 7) is 5.80. The van der Waals surface area contributed by atoms with Crippen LogP contribution < -0.4 is 5.32 Å². The Labute approximate surface area is 212 Å². The zero-order valence-corrected chi connectivity index (χ0v) is 22.1. The first-order valence-corrected chi connectivity index (χ1v) is 14.0. The number of benzene rings is 2. The van der Waals surface area contributed by atoms with Gasteiger partial charge in [0.15, 0.2) is 15.5 Å². The fraction of sp³-hybridized carbons (Fsp3) is 0.269. The van der Waals surface area contributed by atoms with Crippen LogP contribution in [0.4, 0.5) is 5.69 Å². The van der Waals surface area contributed by atoms with Crippen molar-refractivity contribution in [2.75, 3.05) is 16.8 Å². The van der Waals surface area contributed by atoms with Gasteiger partial charge in [-0.05, 0) is 57.0 Å². The van der Waals surface area contributed by atoms with Gasteiger partial charge in [-0.1, -0.05) is 45.8 Å². The van der Waals surface area contributed by atoms with E-state index in [1.54, 1.807) is 10.7 Å². The van der Waals surface area contributed by atoms with Crippen molar-refractivity contribution in [3.8, 4) is 11.3 Å². The molecule has 0 saturated carbocycles. The van der Waals surface area contributed by atoms with Crippen LogP contribution in [0.15, 0.2) is 53.0 Å². The molecule has 3 heterocycles. The summed E-state index contributed by atoms with van der Waals surface area (Å²) in [6, 6.07) is 15.1. The quantitative estimate of drug-likeness (QED) is 0.366. The number of carbonyl (C=O) groups excluding carboxylic acids is 1. The van der Waals surface area contributed by atoms with E-state index in [9.17, 15) is 13.2 Å². The van der Waals surface area contributed by atoms with Crippen molar-refractivity contribution in [3.05, 3.63) is 75.4 Å². The smallest absolute Gasteiger partial charge is 0.256 e. The Balaban J connectivity index is 1.67. The summed E-state index contributed by atoms with van der Waals surface area (Å²) in [5.74, 6) is -0.111. The predicted molar refractivity (Wildman–Crippen MR) is 142 cm³/mol. The molecule has 1 amide bonds. The van der Waals surface area contributed by atoms with Gasteiger partial charge < -0.3 is 5.32 Å². The first-order valence-electron chi connectivity index (χ1n) is 11.4. The van der Waals surface area contributed by atoms with Crippen LogP contribution in [0.5, 0.6) is 0 Å². The number of aromatic nitrogens is 3. The lowest BCUT2D eigenvalue weighted by Crippen LogP contribution is -2.15. The molecule has 35 heavy (non-hydrogen) atoms. The van der Waals surface area contributed by atoms with Crippen molar-refractivity contribution in [2.24, 2.45) is 0 Å². The Kier molecular flexibility index (Phi) is 6.01. The molecule has 1 fully saturated rings. The highest BCUT2D eigenvalue weighted by Crippen LogP contribution is 2.32. The largest absolute Gasteiger partial charge is 0.322 e. The Morgan fingerprint density at radius 1 is 1.09 bits per heavy atom. The van der Waals surface area contributed by atoms with E-state index in [4.69, 9.17) is 4.98 Å². The van der Waals surface area contributed by atoms with Crippen LogP contribution >= 0.6 is 15.9 Å². The van der Waals surface area contributed by atoms with Crippen molar-refractivity contribution >= 4 is 48.4 Å². The standard InChI is InChI=1S/C26H25BrN4O3S/c1-15-4-6-18(7-5-15)23-13-21(26(32)28-19-8-9-22(27)16(2)12-19)24-17(3)30-31(25(24)29-23)20-10-11-35(33,34)14-20/h4-9,12-13,20H,10-11,14H2,1-3H3,(H,28,32). The number of rotatable bonds is 4. The first kappa shape index (κ1) is 23.7. The number of sulfone groups is 1. The molecule has 1 atom stereocenters. The van der Waals surface area contributed by atoms with Gasteiger partial charge in [-0.3, -0.25) is 4.79 Å². The van der Waals surface area contributed by atoms with Gasteiger partial charge in [-0.15, -0.1) is 0 Å². The van der Waals surface area contributed by atoms with E-state index < -0.39 is 9.84 Å². The summed E-state index contributed by atoms with van der Waals surface area (Å²) in [5.41, 5.74) is 5.95. The zero-order chi connectivity index (χ0) is 24.9. The number of nitrogens with one attached hydrogen (secondary N) is 1.